The van der Waals surface area contributed by atoms with Crippen LogP contribution in [-0.2, 0) is 16.5 Å². The van der Waals surface area contributed by atoms with Crippen LogP contribution in [0.4, 0.5) is 0 Å². The molecule has 0 spiro atoms. The van der Waals surface area contributed by atoms with Gasteiger partial charge in [0.1, 0.15) is 0 Å². The van der Waals surface area contributed by atoms with Crippen molar-refractivity contribution in [2.24, 2.45) is 0 Å². The summed E-state index contributed by atoms with van der Waals surface area (Å²) in [6, 6.07) is 6.41. The van der Waals surface area contributed by atoms with Gasteiger partial charge >= 0.3 is 0 Å². The van der Waals surface area contributed by atoms with Crippen molar-refractivity contribution >= 4 is 10.1 Å². The van der Waals surface area contributed by atoms with Gasteiger partial charge in [0.2, 0.25) is 0 Å². The van der Waals surface area contributed by atoms with Gasteiger partial charge < -0.3 is 0 Å². The summed E-state index contributed by atoms with van der Waals surface area (Å²) in [4.78, 5) is -0.0156. The molecule has 0 aliphatic carbocycles. The predicted octanol–water partition coefficient (Wildman–Crippen LogP) is 2.05. The smallest absolute Gasteiger partial charge is 0.282 e. The zero-order valence-corrected chi connectivity index (χ0v) is 8.66. The molecule has 14 heavy (non-hydrogen) atoms. The van der Waals surface area contributed by atoms with E-state index in [1.165, 1.54) is 6.07 Å². The fourth-order valence-corrected chi connectivity index (χ4v) is 1.90. The van der Waals surface area contributed by atoms with Crippen LogP contribution in [0, 0.1) is 0 Å². The van der Waals surface area contributed by atoms with E-state index in [9.17, 15) is 8.42 Å². The highest BCUT2D eigenvalue weighted by Crippen LogP contribution is 2.15. The molecule has 1 aromatic rings. The predicted molar refractivity (Wildman–Crippen MR) is 54.8 cm³/mol. The van der Waals surface area contributed by atoms with E-state index in [-0.39, 0.29) is 4.90 Å². The van der Waals surface area contributed by atoms with E-state index >= 15 is 0 Å². The maximum atomic E-state index is 10.9. The van der Waals surface area contributed by atoms with Gasteiger partial charge in [-0.2, -0.15) is 8.42 Å². The first-order valence-electron chi connectivity index (χ1n) is 4.22. The van der Waals surface area contributed by atoms with Crippen molar-refractivity contribution in [2.75, 3.05) is 0 Å². The van der Waals surface area contributed by atoms with E-state index in [2.05, 4.69) is 0 Å². The number of rotatable bonds is 3. The van der Waals surface area contributed by atoms with Crippen molar-refractivity contribution in [3.05, 3.63) is 42.0 Å². The summed E-state index contributed by atoms with van der Waals surface area (Å²) in [5.74, 6) is 0. The Morgan fingerprint density at radius 2 is 2.00 bits per heavy atom. The van der Waals surface area contributed by atoms with Crippen LogP contribution < -0.4 is 0 Å². The molecule has 4 heteroatoms. The Kier molecular flexibility index (Phi) is 3.43. The fraction of sp³-hybridized carbons (Fsp3) is 0.200. The Labute approximate surface area is 83.8 Å². The Morgan fingerprint density at radius 3 is 2.57 bits per heavy atom. The summed E-state index contributed by atoms with van der Waals surface area (Å²) < 4.78 is 30.8. The van der Waals surface area contributed by atoms with E-state index in [1.54, 1.807) is 18.2 Å². The zero-order valence-electron chi connectivity index (χ0n) is 7.84. The maximum absolute atomic E-state index is 10.9. The van der Waals surface area contributed by atoms with Crippen molar-refractivity contribution in [2.45, 2.75) is 18.2 Å². The molecule has 0 aliphatic rings. The van der Waals surface area contributed by atoms with Crippen LogP contribution in [0.1, 0.15) is 12.5 Å². The lowest BCUT2D eigenvalue weighted by atomic mass is 10.1. The fourth-order valence-electron chi connectivity index (χ4n) is 1.17. The average molecular weight is 212 g/mol. The van der Waals surface area contributed by atoms with Crippen molar-refractivity contribution in [3.63, 3.8) is 0 Å². The highest BCUT2D eigenvalue weighted by molar-refractivity contribution is 7.85. The van der Waals surface area contributed by atoms with E-state index < -0.39 is 10.1 Å². The van der Waals surface area contributed by atoms with Crippen molar-refractivity contribution in [1.29, 1.82) is 0 Å². The van der Waals surface area contributed by atoms with Crippen LogP contribution in [0.15, 0.2) is 41.3 Å². The van der Waals surface area contributed by atoms with Gasteiger partial charge in [-0.25, -0.2) is 0 Å². The molecular weight excluding hydrogens is 200 g/mol. The third-order valence-electron chi connectivity index (χ3n) is 1.82. The first kappa shape index (κ1) is 10.9. The van der Waals surface area contributed by atoms with Gasteiger partial charge in [-0.1, -0.05) is 30.4 Å². The molecule has 0 atom stereocenters. The second-order valence-electron chi connectivity index (χ2n) is 2.86. The highest BCUT2D eigenvalue weighted by Gasteiger charge is 2.12. The van der Waals surface area contributed by atoms with Gasteiger partial charge in [-0.05, 0) is 25.0 Å². The monoisotopic (exact) mass is 212 g/mol. The van der Waals surface area contributed by atoms with Gasteiger partial charge in [0, 0.05) is 0 Å². The van der Waals surface area contributed by atoms with E-state index in [0.29, 0.717) is 12.0 Å². The molecule has 1 N–H and O–H groups in total. The molecule has 0 unspecified atom stereocenters. The van der Waals surface area contributed by atoms with Gasteiger partial charge in [-0.15, -0.1) is 0 Å². The van der Waals surface area contributed by atoms with Crippen LogP contribution >= 0.6 is 0 Å². The van der Waals surface area contributed by atoms with Crippen LogP contribution in [0.5, 0.6) is 0 Å². The van der Waals surface area contributed by atoms with Gasteiger partial charge in [0.25, 0.3) is 10.1 Å². The summed E-state index contributed by atoms with van der Waals surface area (Å²) in [6.45, 7) is 1.86. The van der Waals surface area contributed by atoms with Crippen molar-refractivity contribution < 1.29 is 13.0 Å². The lowest BCUT2D eigenvalue weighted by Crippen LogP contribution is -2.02. The third kappa shape index (κ3) is 2.68. The van der Waals surface area contributed by atoms with Gasteiger partial charge in [0.15, 0.2) is 0 Å². The standard InChI is InChI=1S/C10H12O3S/c1-2-3-6-9-7-4-5-8-10(9)14(11,12)13/h2-5,7-8H,6H2,1H3,(H,11,12,13). The Morgan fingerprint density at radius 1 is 1.36 bits per heavy atom. The van der Waals surface area contributed by atoms with Crippen molar-refractivity contribution in [3.8, 4) is 0 Å². The van der Waals surface area contributed by atoms with E-state index in [4.69, 9.17) is 4.55 Å². The Bertz CT molecular complexity index is 432. The maximum Gasteiger partial charge on any atom is 0.294 e. The Balaban J connectivity index is 3.16. The molecule has 0 saturated carbocycles. The molecule has 0 amide bonds. The molecule has 1 aromatic carbocycles. The lowest BCUT2D eigenvalue weighted by molar-refractivity contribution is 0.482. The topological polar surface area (TPSA) is 54.4 Å². The summed E-state index contributed by atoms with van der Waals surface area (Å²) in [5, 5.41) is 0. The average Bonchev–Trinajstić information content (AvgIpc) is 2.14. The van der Waals surface area contributed by atoms with Crippen molar-refractivity contribution in [1.82, 2.24) is 0 Å². The quantitative estimate of drug-likeness (QED) is 0.616. The molecule has 0 fully saturated rings. The molecular formula is C10H12O3S. The highest BCUT2D eigenvalue weighted by atomic mass is 32.2. The molecule has 0 saturated heterocycles. The van der Waals surface area contributed by atoms with Gasteiger partial charge in [0.05, 0.1) is 4.90 Å². The minimum atomic E-state index is -4.10. The SMILES string of the molecule is CC=CCc1ccccc1S(=O)(=O)O. The molecule has 0 heterocycles. The normalized spacial score (nSPS) is 12.1. The van der Waals surface area contributed by atoms with Crippen LogP contribution in [-0.4, -0.2) is 13.0 Å². The summed E-state index contributed by atoms with van der Waals surface area (Å²) in [6.07, 6.45) is 4.18. The summed E-state index contributed by atoms with van der Waals surface area (Å²) in [5.41, 5.74) is 0.605. The zero-order chi connectivity index (χ0) is 10.6. The number of allylic oxidation sites excluding steroid dienone is 2. The summed E-state index contributed by atoms with van der Waals surface area (Å²) >= 11 is 0. The summed E-state index contributed by atoms with van der Waals surface area (Å²) in [7, 11) is -4.10. The molecule has 3 nitrogen and oxygen atoms in total. The minimum Gasteiger partial charge on any atom is -0.282 e. The Hall–Kier alpha value is -1.13. The first-order chi connectivity index (χ1) is 6.55. The molecule has 76 valence electrons. The largest absolute Gasteiger partial charge is 0.294 e. The van der Waals surface area contributed by atoms with Gasteiger partial charge in [-0.3, -0.25) is 4.55 Å². The number of benzene rings is 1. The van der Waals surface area contributed by atoms with Crippen LogP contribution in [0.25, 0.3) is 0 Å². The minimum absolute atomic E-state index is 0.0156. The van der Waals surface area contributed by atoms with E-state index in [0.717, 1.165) is 0 Å². The molecule has 0 aliphatic heterocycles. The molecule has 0 radical (unpaired) electrons. The third-order valence-corrected chi connectivity index (χ3v) is 2.78. The lowest BCUT2D eigenvalue weighted by Gasteiger charge is -2.03. The number of hydrogen-bond donors (Lipinski definition) is 1. The molecule has 0 aromatic heterocycles. The molecule has 0 bridgehead atoms. The first-order valence-corrected chi connectivity index (χ1v) is 5.66. The molecule has 1 rings (SSSR count). The number of hydrogen-bond acceptors (Lipinski definition) is 2. The second-order valence-corrected chi connectivity index (χ2v) is 4.25. The van der Waals surface area contributed by atoms with Crippen LogP contribution in [0.2, 0.25) is 0 Å². The van der Waals surface area contributed by atoms with E-state index in [1.807, 2.05) is 19.1 Å². The van der Waals surface area contributed by atoms with Crippen LogP contribution in [0.3, 0.4) is 0 Å². The second kappa shape index (κ2) is 4.39.